The van der Waals surface area contributed by atoms with Crippen LogP contribution in [0.3, 0.4) is 0 Å². The van der Waals surface area contributed by atoms with E-state index in [0.717, 1.165) is 48.0 Å². The average molecular weight is 622 g/mol. The van der Waals surface area contributed by atoms with Crippen molar-refractivity contribution in [3.63, 3.8) is 0 Å². The average Bonchev–Trinajstić information content (AvgIpc) is 3.35. The van der Waals surface area contributed by atoms with Gasteiger partial charge in [-0.05, 0) is 73.8 Å². The van der Waals surface area contributed by atoms with Gasteiger partial charge in [0.25, 0.3) is 11.8 Å². The standard InChI is InChI=1S/C30H26ClF2N7O4/c1-38-12-14-39(15-13-38)23-9-7-22(8-10-23)37-29-34-17-24(18-35-29)40(31)28(42)19-2-5-21(6-3-19)36-27(41)20-4-11-25-26(16-20)44-30(32,33)43-25/h2-11,16-18H,12-15H2,1H3,(H,36,41)(H,34,35,37). The number of nitrogens with one attached hydrogen (secondary N) is 2. The van der Waals surface area contributed by atoms with Crippen molar-refractivity contribution in [3.8, 4) is 11.5 Å². The van der Waals surface area contributed by atoms with Gasteiger partial charge in [0.2, 0.25) is 5.95 Å². The molecule has 0 bridgehead atoms. The molecule has 11 nitrogen and oxygen atoms in total. The van der Waals surface area contributed by atoms with Crippen LogP contribution in [0.4, 0.5) is 37.5 Å². The molecular weight excluding hydrogens is 596 g/mol. The van der Waals surface area contributed by atoms with Gasteiger partial charge >= 0.3 is 6.29 Å². The highest BCUT2D eigenvalue weighted by Gasteiger charge is 2.43. The molecule has 1 fully saturated rings. The summed E-state index contributed by atoms with van der Waals surface area (Å²) in [6.07, 6.45) is -0.928. The molecule has 0 radical (unpaired) electrons. The Labute approximate surface area is 256 Å². The van der Waals surface area contributed by atoms with Gasteiger partial charge < -0.3 is 29.9 Å². The Hall–Kier alpha value is -5.01. The van der Waals surface area contributed by atoms with Crippen molar-refractivity contribution in [1.29, 1.82) is 0 Å². The molecule has 0 atom stereocenters. The summed E-state index contributed by atoms with van der Waals surface area (Å²) in [7, 11) is 2.12. The third-order valence-electron chi connectivity index (χ3n) is 7.09. The van der Waals surface area contributed by atoms with E-state index in [1.807, 2.05) is 12.1 Å². The van der Waals surface area contributed by atoms with E-state index in [4.69, 9.17) is 11.8 Å². The van der Waals surface area contributed by atoms with E-state index >= 15 is 0 Å². The number of halogens is 3. The van der Waals surface area contributed by atoms with Gasteiger partial charge in [-0.3, -0.25) is 9.59 Å². The zero-order valence-corrected chi connectivity index (χ0v) is 24.1. The minimum atomic E-state index is -3.78. The van der Waals surface area contributed by atoms with Gasteiger partial charge in [0, 0.05) is 66.1 Å². The predicted octanol–water partition coefficient (Wildman–Crippen LogP) is 5.35. The quantitative estimate of drug-likeness (QED) is 0.264. The molecule has 2 amide bonds. The molecule has 14 heteroatoms. The first kappa shape index (κ1) is 29.1. The van der Waals surface area contributed by atoms with Gasteiger partial charge in [-0.25, -0.2) is 14.4 Å². The topological polar surface area (TPSA) is 112 Å². The van der Waals surface area contributed by atoms with Crippen LogP contribution in [0.1, 0.15) is 20.7 Å². The maximum absolute atomic E-state index is 13.3. The van der Waals surface area contributed by atoms with Gasteiger partial charge in [-0.2, -0.15) is 0 Å². The first-order valence-electron chi connectivity index (χ1n) is 13.6. The van der Waals surface area contributed by atoms with E-state index < -0.39 is 18.1 Å². The zero-order chi connectivity index (χ0) is 30.8. The Morgan fingerprint density at radius 3 is 2.16 bits per heavy atom. The van der Waals surface area contributed by atoms with Crippen LogP contribution in [0.5, 0.6) is 11.5 Å². The second-order valence-electron chi connectivity index (χ2n) is 10.2. The molecular formula is C30H26ClF2N7O4. The molecule has 2 aliphatic heterocycles. The van der Waals surface area contributed by atoms with Crippen molar-refractivity contribution < 1.29 is 27.8 Å². The number of nitrogens with zero attached hydrogens (tertiary/aromatic N) is 5. The van der Waals surface area contributed by atoms with Crippen LogP contribution in [0, 0.1) is 0 Å². The summed E-state index contributed by atoms with van der Waals surface area (Å²) in [6, 6.07) is 17.7. The monoisotopic (exact) mass is 621 g/mol. The Kier molecular flexibility index (Phi) is 7.89. The number of hydrogen-bond donors (Lipinski definition) is 2. The summed E-state index contributed by atoms with van der Waals surface area (Å²) in [6.45, 7) is 4.03. The number of piperazine rings is 1. The highest BCUT2D eigenvalue weighted by Crippen LogP contribution is 2.41. The van der Waals surface area contributed by atoms with Crippen molar-refractivity contribution in [2.75, 3.05) is 53.2 Å². The molecule has 3 heterocycles. The molecule has 3 aromatic carbocycles. The second kappa shape index (κ2) is 11.9. The van der Waals surface area contributed by atoms with Crippen LogP contribution >= 0.6 is 11.8 Å². The van der Waals surface area contributed by atoms with Crippen LogP contribution in [0.25, 0.3) is 0 Å². The number of aromatic nitrogens is 2. The lowest BCUT2D eigenvalue weighted by molar-refractivity contribution is -0.286. The first-order chi connectivity index (χ1) is 21.1. The van der Waals surface area contributed by atoms with E-state index in [1.54, 1.807) is 0 Å². The van der Waals surface area contributed by atoms with Crippen LogP contribution in [-0.2, 0) is 0 Å². The molecule has 6 rings (SSSR count). The zero-order valence-electron chi connectivity index (χ0n) is 23.3. The maximum Gasteiger partial charge on any atom is 0.586 e. The van der Waals surface area contributed by atoms with E-state index in [1.165, 1.54) is 48.8 Å². The number of anilines is 5. The fraction of sp³-hybridized carbons (Fsp3) is 0.200. The number of carbonyl (C=O) groups excluding carboxylic acids is 2. The Morgan fingerprint density at radius 1 is 0.864 bits per heavy atom. The lowest BCUT2D eigenvalue weighted by Crippen LogP contribution is -2.44. The number of likely N-dealkylation sites (N-methyl/N-ethyl adjacent to an activating group) is 1. The minimum Gasteiger partial charge on any atom is -0.395 e. The normalized spacial score (nSPS) is 15.5. The summed E-state index contributed by atoms with van der Waals surface area (Å²) in [4.78, 5) is 38.8. The Bertz CT molecular complexity index is 1670. The molecule has 0 spiro atoms. The molecule has 226 valence electrons. The SMILES string of the molecule is CN1CCN(c2ccc(Nc3ncc(N(Cl)C(=O)c4ccc(NC(=O)c5ccc6c(c5)OC(F)(F)O6)cc4)cn3)cc2)CC1. The fourth-order valence-corrected chi connectivity index (χ4v) is 4.84. The summed E-state index contributed by atoms with van der Waals surface area (Å²) in [5, 5.41) is 5.77. The van der Waals surface area contributed by atoms with Crippen molar-refractivity contribution in [2.24, 2.45) is 0 Å². The van der Waals surface area contributed by atoms with Gasteiger partial charge in [0.05, 0.1) is 18.1 Å². The van der Waals surface area contributed by atoms with Crippen LogP contribution in [0.2, 0.25) is 0 Å². The Balaban J connectivity index is 1.03. The van der Waals surface area contributed by atoms with E-state index in [9.17, 15) is 18.4 Å². The predicted molar refractivity (Wildman–Crippen MR) is 161 cm³/mol. The van der Waals surface area contributed by atoms with E-state index in [2.05, 4.69) is 59.1 Å². The number of rotatable bonds is 7. The first-order valence-corrected chi connectivity index (χ1v) is 13.9. The summed E-state index contributed by atoms with van der Waals surface area (Å²) in [5.41, 5.74) is 2.93. The third kappa shape index (κ3) is 6.48. The van der Waals surface area contributed by atoms with Gasteiger partial charge in [0.1, 0.15) is 0 Å². The molecule has 1 saturated heterocycles. The third-order valence-corrected chi connectivity index (χ3v) is 7.44. The van der Waals surface area contributed by atoms with Crippen molar-refractivity contribution in [2.45, 2.75) is 6.29 Å². The Morgan fingerprint density at radius 2 is 1.48 bits per heavy atom. The fourth-order valence-electron chi connectivity index (χ4n) is 4.66. The number of hydrogen-bond acceptors (Lipinski definition) is 9. The molecule has 2 aliphatic rings. The molecule has 0 aliphatic carbocycles. The molecule has 0 saturated carbocycles. The van der Waals surface area contributed by atoms with Crippen LogP contribution < -0.4 is 29.4 Å². The van der Waals surface area contributed by atoms with Crippen molar-refractivity contribution in [3.05, 3.63) is 90.3 Å². The lowest BCUT2D eigenvalue weighted by Gasteiger charge is -2.34. The summed E-state index contributed by atoms with van der Waals surface area (Å²) < 4.78 is 36.1. The van der Waals surface area contributed by atoms with Crippen molar-refractivity contribution >= 4 is 52.3 Å². The number of ether oxygens (including phenoxy) is 2. The maximum atomic E-state index is 13.3. The molecule has 44 heavy (non-hydrogen) atoms. The smallest absolute Gasteiger partial charge is 0.395 e. The molecule has 1 aromatic heterocycles. The number of benzene rings is 3. The number of carbonyl (C=O) groups is 2. The van der Waals surface area contributed by atoms with Gasteiger partial charge in [0.15, 0.2) is 11.5 Å². The van der Waals surface area contributed by atoms with Gasteiger partial charge in [-0.1, -0.05) is 0 Å². The molecule has 2 N–H and O–H groups in total. The van der Waals surface area contributed by atoms with Gasteiger partial charge in [-0.15, -0.1) is 8.78 Å². The largest absolute Gasteiger partial charge is 0.586 e. The highest BCUT2D eigenvalue weighted by molar-refractivity contribution is 6.39. The number of amides is 2. The number of alkyl halides is 2. The highest BCUT2D eigenvalue weighted by atomic mass is 35.5. The minimum absolute atomic E-state index is 0.0812. The van der Waals surface area contributed by atoms with Crippen molar-refractivity contribution in [1.82, 2.24) is 14.9 Å². The molecule has 4 aromatic rings. The van der Waals surface area contributed by atoms with E-state index in [-0.39, 0.29) is 28.3 Å². The van der Waals surface area contributed by atoms with E-state index in [0.29, 0.717) is 11.6 Å². The van der Waals surface area contributed by atoms with Crippen LogP contribution in [0.15, 0.2) is 79.1 Å². The lowest BCUT2D eigenvalue weighted by atomic mass is 10.1. The molecule has 0 unspecified atom stereocenters. The summed E-state index contributed by atoms with van der Waals surface area (Å²) >= 11 is 6.31. The summed E-state index contributed by atoms with van der Waals surface area (Å²) in [5.74, 6) is -1.17. The number of fused-ring (bicyclic) bond motifs is 1. The van der Waals surface area contributed by atoms with Crippen LogP contribution in [-0.4, -0.2) is 66.2 Å². The second-order valence-corrected chi connectivity index (χ2v) is 10.5.